The maximum absolute atomic E-state index is 12.3. The number of hydrogen-bond acceptors (Lipinski definition) is 5. The van der Waals surface area contributed by atoms with E-state index in [0.717, 1.165) is 11.6 Å². The average Bonchev–Trinajstić information content (AvgIpc) is 2.60. The molecule has 3 rings (SSSR count). The molecule has 0 saturated heterocycles. The first-order chi connectivity index (χ1) is 12.0. The summed E-state index contributed by atoms with van der Waals surface area (Å²) in [7, 11) is 0. The van der Waals surface area contributed by atoms with E-state index in [1.165, 1.54) is 0 Å². The van der Waals surface area contributed by atoms with Crippen molar-refractivity contribution in [1.82, 2.24) is 0 Å². The highest BCUT2D eigenvalue weighted by molar-refractivity contribution is 5.91. The zero-order valence-corrected chi connectivity index (χ0v) is 13.4. The largest absolute Gasteiger partial charge is 0.449 e. The summed E-state index contributed by atoms with van der Waals surface area (Å²) in [6.45, 7) is 1.85. The Morgan fingerprint density at radius 2 is 1.80 bits per heavy atom. The van der Waals surface area contributed by atoms with E-state index in [1.54, 1.807) is 48.5 Å². The smallest absolute Gasteiger partial charge is 0.375 e. The first kappa shape index (κ1) is 16.4. The van der Waals surface area contributed by atoms with Crippen LogP contribution in [0.15, 0.2) is 63.8 Å². The van der Waals surface area contributed by atoms with E-state index in [9.17, 15) is 14.4 Å². The Balaban J connectivity index is 1.95. The fraction of sp³-hybridized carbons (Fsp3) is 0.105. The molecule has 1 amide bonds. The summed E-state index contributed by atoms with van der Waals surface area (Å²) in [5, 5.41) is 0.367. The first-order valence-corrected chi connectivity index (χ1v) is 7.55. The van der Waals surface area contributed by atoms with Crippen molar-refractivity contribution >= 4 is 22.8 Å². The topological polar surface area (TPSA) is 99.6 Å². The van der Waals surface area contributed by atoms with Gasteiger partial charge in [-0.25, -0.2) is 4.79 Å². The lowest BCUT2D eigenvalue weighted by Crippen LogP contribution is -2.26. The van der Waals surface area contributed by atoms with Crippen LogP contribution in [-0.2, 0) is 9.53 Å². The van der Waals surface area contributed by atoms with Crippen LogP contribution in [0.3, 0.4) is 0 Å². The number of nitrogens with two attached hydrogens (primary N) is 1. The van der Waals surface area contributed by atoms with Gasteiger partial charge in [0.25, 0.3) is 5.91 Å². The lowest BCUT2D eigenvalue weighted by Gasteiger charge is -2.14. The lowest BCUT2D eigenvalue weighted by atomic mass is 10.1. The number of rotatable bonds is 4. The molecule has 2 aromatic carbocycles. The highest BCUT2D eigenvalue weighted by Gasteiger charge is 2.25. The van der Waals surface area contributed by atoms with Crippen molar-refractivity contribution in [2.75, 3.05) is 0 Å². The summed E-state index contributed by atoms with van der Waals surface area (Å²) < 4.78 is 10.6. The Morgan fingerprint density at radius 3 is 2.48 bits per heavy atom. The third-order valence-corrected chi connectivity index (χ3v) is 3.67. The number of carbonyl (C=O) groups excluding carboxylic acids is 2. The first-order valence-electron chi connectivity index (χ1n) is 7.55. The van der Waals surface area contributed by atoms with Gasteiger partial charge in [-0.15, -0.1) is 0 Å². The molecule has 6 nitrogen and oxygen atoms in total. The van der Waals surface area contributed by atoms with Crippen molar-refractivity contribution in [1.29, 1.82) is 0 Å². The molecule has 0 saturated carbocycles. The molecular formula is C19H15NO5. The molecule has 6 heteroatoms. The highest BCUT2D eigenvalue weighted by Crippen LogP contribution is 2.20. The number of hydrogen-bond donors (Lipinski definition) is 1. The molecule has 1 heterocycles. The van der Waals surface area contributed by atoms with Crippen molar-refractivity contribution < 1.29 is 18.7 Å². The molecule has 0 aliphatic heterocycles. The fourth-order valence-electron chi connectivity index (χ4n) is 2.45. The Bertz CT molecular complexity index is 1010. The van der Waals surface area contributed by atoms with E-state index in [-0.39, 0.29) is 16.8 Å². The Kier molecular flexibility index (Phi) is 4.35. The quantitative estimate of drug-likeness (QED) is 0.737. The van der Waals surface area contributed by atoms with Crippen LogP contribution >= 0.6 is 0 Å². The third kappa shape index (κ3) is 3.42. The van der Waals surface area contributed by atoms with Gasteiger partial charge in [0.1, 0.15) is 5.58 Å². The molecule has 25 heavy (non-hydrogen) atoms. The predicted molar refractivity (Wildman–Crippen MR) is 91.0 cm³/mol. The van der Waals surface area contributed by atoms with Gasteiger partial charge in [0, 0.05) is 11.6 Å². The highest BCUT2D eigenvalue weighted by atomic mass is 16.6. The van der Waals surface area contributed by atoms with Crippen LogP contribution in [0.4, 0.5) is 0 Å². The van der Waals surface area contributed by atoms with Crippen molar-refractivity contribution in [3.8, 4) is 0 Å². The number of amides is 1. The Labute approximate surface area is 142 Å². The molecule has 1 aromatic heterocycles. The minimum Gasteiger partial charge on any atom is -0.449 e. The fourth-order valence-corrected chi connectivity index (χ4v) is 2.45. The maximum atomic E-state index is 12.3. The molecule has 0 unspecified atom stereocenters. The molecule has 0 aliphatic rings. The molecule has 126 valence electrons. The average molecular weight is 337 g/mol. The van der Waals surface area contributed by atoms with Crippen LogP contribution in [0.1, 0.15) is 27.8 Å². The molecule has 3 aromatic rings. The van der Waals surface area contributed by atoms with Gasteiger partial charge in [0.2, 0.25) is 11.9 Å². The lowest BCUT2D eigenvalue weighted by molar-refractivity contribution is -0.127. The van der Waals surface area contributed by atoms with Gasteiger partial charge in [-0.2, -0.15) is 0 Å². The summed E-state index contributed by atoms with van der Waals surface area (Å²) in [5.41, 5.74) is 6.55. The van der Waals surface area contributed by atoms with Gasteiger partial charge in [-0.1, -0.05) is 42.0 Å². The SMILES string of the molecule is Cc1ccc2oc(C(=O)O[C@H](C(N)=O)c3ccccc3)cc(=O)c2c1. The van der Waals surface area contributed by atoms with Crippen molar-refractivity contribution in [2.45, 2.75) is 13.0 Å². The molecule has 0 fully saturated rings. The summed E-state index contributed by atoms with van der Waals surface area (Å²) in [4.78, 5) is 36.2. The zero-order chi connectivity index (χ0) is 18.0. The molecule has 0 spiro atoms. The van der Waals surface area contributed by atoms with Crippen LogP contribution in [-0.4, -0.2) is 11.9 Å². The molecule has 0 aliphatic carbocycles. The Morgan fingerprint density at radius 1 is 1.08 bits per heavy atom. The van der Waals surface area contributed by atoms with E-state index in [4.69, 9.17) is 14.9 Å². The van der Waals surface area contributed by atoms with Gasteiger partial charge in [0.05, 0.1) is 5.39 Å². The molecule has 0 radical (unpaired) electrons. The van der Waals surface area contributed by atoms with E-state index in [1.807, 2.05) is 6.92 Å². The number of aryl methyl sites for hydroxylation is 1. The number of carbonyl (C=O) groups is 2. The van der Waals surface area contributed by atoms with Crippen LogP contribution in [0, 0.1) is 6.92 Å². The van der Waals surface area contributed by atoms with Crippen LogP contribution in [0.25, 0.3) is 11.0 Å². The number of primary amides is 1. The molecule has 1 atom stereocenters. The summed E-state index contributed by atoms with van der Waals surface area (Å²) in [6, 6.07) is 14.5. The minimum absolute atomic E-state index is 0.264. The van der Waals surface area contributed by atoms with Gasteiger partial charge in [0.15, 0.2) is 5.43 Å². The van der Waals surface area contributed by atoms with E-state index in [2.05, 4.69) is 0 Å². The van der Waals surface area contributed by atoms with Gasteiger partial charge < -0.3 is 14.9 Å². The number of fused-ring (bicyclic) bond motifs is 1. The van der Waals surface area contributed by atoms with Gasteiger partial charge in [-0.05, 0) is 19.1 Å². The van der Waals surface area contributed by atoms with Crippen molar-refractivity contribution in [3.05, 3.63) is 81.7 Å². The molecule has 0 bridgehead atoms. The van der Waals surface area contributed by atoms with E-state index >= 15 is 0 Å². The zero-order valence-electron chi connectivity index (χ0n) is 13.4. The number of ether oxygens (including phenoxy) is 1. The molecular weight excluding hydrogens is 322 g/mol. The van der Waals surface area contributed by atoms with E-state index < -0.39 is 18.0 Å². The second-order valence-corrected chi connectivity index (χ2v) is 5.57. The standard InChI is InChI=1S/C19H15NO5/c1-11-7-8-15-13(9-11)14(21)10-16(24-15)19(23)25-17(18(20)22)12-5-3-2-4-6-12/h2-10,17H,1H3,(H2,20,22)/t17-/m0/s1. The second kappa shape index (κ2) is 6.60. The summed E-state index contributed by atoms with van der Waals surface area (Å²) in [6.07, 6.45) is -1.27. The third-order valence-electron chi connectivity index (χ3n) is 3.67. The normalized spacial score (nSPS) is 11.9. The van der Waals surface area contributed by atoms with Gasteiger partial charge >= 0.3 is 5.97 Å². The van der Waals surface area contributed by atoms with Crippen molar-refractivity contribution in [2.24, 2.45) is 5.73 Å². The van der Waals surface area contributed by atoms with Crippen molar-refractivity contribution in [3.63, 3.8) is 0 Å². The maximum Gasteiger partial charge on any atom is 0.375 e. The monoisotopic (exact) mass is 337 g/mol. The van der Waals surface area contributed by atoms with Crippen LogP contribution < -0.4 is 11.2 Å². The van der Waals surface area contributed by atoms with Crippen LogP contribution in [0.2, 0.25) is 0 Å². The van der Waals surface area contributed by atoms with E-state index in [0.29, 0.717) is 10.9 Å². The number of benzene rings is 2. The summed E-state index contributed by atoms with van der Waals surface area (Å²) >= 11 is 0. The Hall–Kier alpha value is -3.41. The second-order valence-electron chi connectivity index (χ2n) is 5.57. The van der Waals surface area contributed by atoms with Gasteiger partial charge in [-0.3, -0.25) is 9.59 Å². The number of esters is 1. The summed E-state index contributed by atoms with van der Waals surface area (Å²) in [5.74, 6) is -2.05. The van der Waals surface area contributed by atoms with Crippen LogP contribution in [0.5, 0.6) is 0 Å². The minimum atomic E-state index is -1.27. The predicted octanol–water partition coefficient (Wildman–Crippen LogP) is 2.48. The molecule has 2 N–H and O–H groups in total.